The molecular formula is C15H21F3N2. The lowest BCUT2D eigenvalue weighted by atomic mass is 9.94. The third kappa shape index (κ3) is 3.33. The summed E-state index contributed by atoms with van der Waals surface area (Å²) in [6, 6.07) is 2.19. The first kappa shape index (κ1) is 15.3. The van der Waals surface area contributed by atoms with Gasteiger partial charge in [0.05, 0.1) is 0 Å². The van der Waals surface area contributed by atoms with E-state index in [0.717, 1.165) is 38.7 Å². The third-order valence-electron chi connectivity index (χ3n) is 3.71. The van der Waals surface area contributed by atoms with E-state index < -0.39 is 17.5 Å². The molecule has 20 heavy (non-hydrogen) atoms. The van der Waals surface area contributed by atoms with Gasteiger partial charge in [-0.2, -0.15) is 0 Å². The highest BCUT2D eigenvalue weighted by atomic mass is 19.2. The molecular weight excluding hydrogens is 265 g/mol. The van der Waals surface area contributed by atoms with E-state index in [1.165, 1.54) is 6.07 Å². The van der Waals surface area contributed by atoms with Crippen LogP contribution in [0.15, 0.2) is 12.1 Å². The number of rotatable bonds is 4. The van der Waals surface area contributed by atoms with Crippen LogP contribution in [-0.4, -0.2) is 31.1 Å². The maximum atomic E-state index is 14.1. The normalized spacial score (nSPS) is 18.5. The minimum Gasteiger partial charge on any atom is -0.314 e. The number of hydrogen-bond acceptors (Lipinski definition) is 2. The van der Waals surface area contributed by atoms with Gasteiger partial charge in [-0.05, 0) is 18.4 Å². The fourth-order valence-corrected chi connectivity index (χ4v) is 2.71. The summed E-state index contributed by atoms with van der Waals surface area (Å²) in [5.74, 6) is -3.20. The van der Waals surface area contributed by atoms with Crippen molar-refractivity contribution in [2.75, 3.05) is 26.2 Å². The van der Waals surface area contributed by atoms with Gasteiger partial charge >= 0.3 is 0 Å². The standard InChI is InChI=1S/C15H21F3N2/c1-10(2)9-13(20-7-5-19-6-8-20)11-3-4-12(16)15(18)14(11)17/h3-4,10,13,19H,5-9H2,1-2H3/t13-/m0/s1. The van der Waals surface area contributed by atoms with Crippen molar-refractivity contribution in [3.63, 3.8) is 0 Å². The van der Waals surface area contributed by atoms with Crippen molar-refractivity contribution in [1.82, 2.24) is 10.2 Å². The van der Waals surface area contributed by atoms with Gasteiger partial charge in [0.1, 0.15) is 0 Å². The van der Waals surface area contributed by atoms with Crippen LogP contribution in [0.4, 0.5) is 13.2 Å². The van der Waals surface area contributed by atoms with Gasteiger partial charge in [0, 0.05) is 37.8 Å². The Balaban J connectivity index is 2.32. The van der Waals surface area contributed by atoms with Crippen LogP contribution in [0.1, 0.15) is 31.9 Å². The fourth-order valence-electron chi connectivity index (χ4n) is 2.71. The highest BCUT2D eigenvalue weighted by Crippen LogP contribution is 2.31. The number of nitrogens with zero attached hydrogens (tertiary/aromatic N) is 1. The highest BCUT2D eigenvalue weighted by molar-refractivity contribution is 5.24. The number of benzene rings is 1. The summed E-state index contributed by atoms with van der Waals surface area (Å²) in [5.41, 5.74) is 0.263. The van der Waals surface area contributed by atoms with Crippen LogP contribution in [0.25, 0.3) is 0 Å². The zero-order chi connectivity index (χ0) is 14.7. The van der Waals surface area contributed by atoms with Crippen molar-refractivity contribution in [1.29, 1.82) is 0 Å². The summed E-state index contributed by atoms with van der Waals surface area (Å²) in [4.78, 5) is 2.15. The first-order valence-electron chi connectivity index (χ1n) is 7.09. The molecule has 0 radical (unpaired) electrons. The first-order valence-corrected chi connectivity index (χ1v) is 7.09. The smallest absolute Gasteiger partial charge is 0.194 e. The summed E-state index contributed by atoms with van der Waals surface area (Å²) in [6.45, 7) is 7.34. The van der Waals surface area contributed by atoms with Crippen molar-refractivity contribution < 1.29 is 13.2 Å². The first-order chi connectivity index (χ1) is 9.50. The predicted octanol–water partition coefficient (Wildman–Crippen LogP) is 3.10. The Morgan fingerprint density at radius 2 is 1.75 bits per heavy atom. The number of halogens is 3. The molecule has 1 atom stereocenters. The molecule has 0 aromatic heterocycles. The molecule has 112 valence electrons. The average Bonchev–Trinajstić information content (AvgIpc) is 2.44. The summed E-state index contributed by atoms with van der Waals surface area (Å²) < 4.78 is 40.6. The van der Waals surface area contributed by atoms with Crippen molar-refractivity contribution in [3.05, 3.63) is 35.1 Å². The molecule has 0 aliphatic carbocycles. The Morgan fingerprint density at radius 1 is 1.10 bits per heavy atom. The number of piperazine rings is 1. The molecule has 2 nitrogen and oxygen atoms in total. The molecule has 1 aromatic rings. The molecule has 0 bridgehead atoms. The monoisotopic (exact) mass is 286 g/mol. The summed E-state index contributed by atoms with van der Waals surface area (Å²) in [5, 5.41) is 3.24. The van der Waals surface area contributed by atoms with Crippen LogP contribution < -0.4 is 5.32 Å². The van der Waals surface area contributed by atoms with Gasteiger partial charge in [0.25, 0.3) is 0 Å². The second-order valence-electron chi connectivity index (χ2n) is 5.70. The lowest BCUT2D eigenvalue weighted by Gasteiger charge is -2.36. The summed E-state index contributed by atoms with van der Waals surface area (Å²) in [6.07, 6.45) is 0.724. The molecule has 1 N–H and O–H groups in total. The van der Waals surface area contributed by atoms with Crippen LogP contribution in [0.5, 0.6) is 0 Å². The minimum atomic E-state index is -1.37. The van der Waals surface area contributed by atoms with E-state index in [1.54, 1.807) is 0 Å². The van der Waals surface area contributed by atoms with Crippen LogP contribution in [-0.2, 0) is 0 Å². The molecule has 5 heteroatoms. The largest absolute Gasteiger partial charge is 0.314 e. The topological polar surface area (TPSA) is 15.3 Å². The zero-order valence-electron chi connectivity index (χ0n) is 11.9. The van der Waals surface area contributed by atoms with Gasteiger partial charge in [-0.1, -0.05) is 19.9 Å². The predicted molar refractivity (Wildman–Crippen MR) is 73.0 cm³/mol. The molecule has 0 saturated carbocycles. The van der Waals surface area contributed by atoms with E-state index in [-0.39, 0.29) is 11.6 Å². The Morgan fingerprint density at radius 3 is 2.35 bits per heavy atom. The van der Waals surface area contributed by atoms with E-state index in [2.05, 4.69) is 10.2 Å². The number of hydrogen-bond donors (Lipinski definition) is 1. The Bertz CT molecular complexity index is 457. The van der Waals surface area contributed by atoms with Gasteiger partial charge in [-0.15, -0.1) is 0 Å². The lowest BCUT2D eigenvalue weighted by Crippen LogP contribution is -2.45. The van der Waals surface area contributed by atoms with Gasteiger partial charge in [-0.25, -0.2) is 13.2 Å². The maximum Gasteiger partial charge on any atom is 0.194 e. The third-order valence-corrected chi connectivity index (χ3v) is 3.71. The Hall–Kier alpha value is -1.07. The molecule has 1 aliphatic heterocycles. The van der Waals surface area contributed by atoms with E-state index in [0.29, 0.717) is 5.92 Å². The van der Waals surface area contributed by atoms with E-state index >= 15 is 0 Å². The van der Waals surface area contributed by atoms with Crippen LogP contribution in [0, 0.1) is 23.4 Å². The van der Waals surface area contributed by atoms with Gasteiger partial charge in [0.2, 0.25) is 0 Å². The van der Waals surface area contributed by atoms with E-state index in [9.17, 15) is 13.2 Å². The van der Waals surface area contributed by atoms with Crippen LogP contribution in [0.2, 0.25) is 0 Å². The second kappa shape index (κ2) is 6.59. The average molecular weight is 286 g/mol. The summed E-state index contributed by atoms with van der Waals surface area (Å²) >= 11 is 0. The molecule has 1 heterocycles. The van der Waals surface area contributed by atoms with E-state index in [1.807, 2.05) is 13.8 Å². The summed E-state index contributed by atoms with van der Waals surface area (Å²) in [7, 11) is 0. The quantitative estimate of drug-likeness (QED) is 0.856. The molecule has 1 aliphatic rings. The minimum absolute atomic E-state index is 0.202. The van der Waals surface area contributed by atoms with Gasteiger partial charge in [0.15, 0.2) is 17.5 Å². The van der Waals surface area contributed by atoms with Crippen molar-refractivity contribution in [2.45, 2.75) is 26.3 Å². The molecule has 1 aromatic carbocycles. The zero-order valence-corrected chi connectivity index (χ0v) is 11.9. The van der Waals surface area contributed by atoms with Crippen LogP contribution >= 0.6 is 0 Å². The SMILES string of the molecule is CC(C)C[C@@H](c1ccc(F)c(F)c1F)N1CCNCC1. The molecule has 1 saturated heterocycles. The number of nitrogens with one attached hydrogen (secondary N) is 1. The fraction of sp³-hybridized carbons (Fsp3) is 0.600. The Kier molecular flexibility index (Phi) is 5.05. The molecule has 1 fully saturated rings. The molecule has 0 amide bonds. The van der Waals surface area contributed by atoms with Gasteiger partial charge in [-0.3, -0.25) is 4.90 Å². The van der Waals surface area contributed by atoms with Crippen molar-refractivity contribution >= 4 is 0 Å². The van der Waals surface area contributed by atoms with Crippen LogP contribution in [0.3, 0.4) is 0 Å². The Labute approximate surface area is 118 Å². The van der Waals surface area contributed by atoms with Crippen molar-refractivity contribution in [3.8, 4) is 0 Å². The van der Waals surface area contributed by atoms with Gasteiger partial charge < -0.3 is 5.32 Å². The second-order valence-corrected chi connectivity index (χ2v) is 5.70. The van der Waals surface area contributed by atoms with E-state index in [4.69, 9.17) is 0 Å². The maximum absolute atomic E-state index is 14.1. The highest BCUT2D eigenvalue weighted by Gasteiger charge is 2.27. The molecule has 0 unspecified atom stereocenters. The van der Waals surface area contributed by atoms with Crippen molar-refractivity contribution in [2.24, 2.45) is 5.92 Å². The molecule has 0 spiro atoms. The molecule has 2 rings (SSSR count). The lowest BCUT2D eigenvalue weighted by molar-refractivity contribution is 0.150.